The van der Waals surface area contributed by atoms with Gasteiger partial charge in [0.1, 0.15) is 17.5 Å². The van der Waals surface area contributed by atoms with Gasteiger partial charge in [-0.25, -0.2) is 0 Å². The number of nitrogens with two attached hydrogens (primary N) is 2. The summed E-state index contributed by atoms with van der Waals surface area (Å²) in [5.41, 5.74) is 10.9. The van der Waals surface area contributed by atoms with Gasteiger partial charge in [0, 0.05) is 5.92 Å². The fourth-order valence-corrected chi connectivity index (χ4v) is 3.20. The number of benzene rings is 1. The SMILES string of the molecule is COc1ccc(OCCCCCCCCCCC(C[C@H](N)C(=O)O)C(N)=O)cc1. The fourth-order valence-electron chi connectivity index (χ4n) is 3.20. The van der Waals surface area contributed by atoms with Crippen LogP contribution in [0.25, 0.3) is 0 Å². The van der Waals surface area contributed by atoms with E-state index in [1.165, 1.54) is 12.8 Å². The maximum atomic E-state index is 11.4. The second-order valence-electron chi connectivity index (χ2n) is 7.42. The molecule has 1 rings (SSSR count). The number of unbranched alkanes of at least 4 members (excludes halogenated alkanes) is 7. The first kappa shape index (κ1) is 24.8. The number of methoxy groups -OCH3 is 1. The minimum absolute atomic E-state index is 0.114. The molecular weight excluding hydrogens is 372 g/mol. The van der Waals surface area contributed by atoms with Crippen LogP contribution in [0.4, 0.5) is 0 Å². The van der Waals surface area contributed by atoms with Gasteiger partial charge in [0.05, 0.1) is 13.7 Å². The molecule has 0 heterocycles. The maximum absolute atomic E-state index is 11.4. The molecule has 0 bridgehead atoms. The Kier molecular flexibility index (Phi) is 12.5. The lowest BCUT2D eigenvalue weighted by Crippen LogP contribution is -2.36. The van der Waals surface area contributed by atoms with E-state index >= 15 is 0 Å². The molecule has 0 aromatic heterocycles. The van der Waals surface area contributed by atoms with Crippen LogP contribution in [0.5, 0.6) is 11.5 Å². The zero-order chi connectivity index (χ0) is 21.5. The summed E-state index contributed by atoms with van der Waals surface area (Å²) >= 11 is 0. The number of carbonyl (C=O) groups excluding carboxylic acids is 1. The Bertz CT molecular complexity index is 591. The van der Waals surface area contributed by atoms with Gasteiger partial charge in [0.2, 0.25) is 5.91 Å². The van der Waals surface area contributed by atoms with Crippen LogP contribution >= 0.6 is 0 Å². The van der Waals surface area contributed by atoms with E-state index in [0.717, 1.165) is 56.6 Å². The highest BCUT2D eigenvalue weighted by molar-refractivity contribution is 5.79. The summed E-state index contributed by atoms with van der Waals surface area (Å²) in [5.74, 6) is -0.313. The fraction of sp³-hybridized carbons (Fsp3) is 0.636. The van der Waals surface area contributed by atoms with Crippen molar-refractivity contribution in [2.24, 2.45) is 17.4 Å². The van der Waals surface area contributed by atoms with E-state index in [-0.39, 0.29) is 6.42 Å². The van der Waals surface area contributed by atoms with Crippen LogP contribution in [-0.2, 0) is 9.59 Å². The Hall–Kier alpha value is -2.28. The van der Waals surface area contributed by atoms with Crippen molar-refractivity contribution in [1.29, 1.82) is 0 Å². The molecule has 0 spiro atoms. The number of carboxylic acid groups (broad SMARTS) is 1. The first-order chi connectivity index (χ1) is 13.9. The predicted octanol–water partition coefficient (Wildman–Crippen LogP) is 3.49. The molecule has 1 amide bonds. The lowest BCUT2D eigenvalue weighted by molar-refractivity contribution is -0.139. The van der Waals surface area contributed by atoms with Crippen LogP contribution in [0.2, 0.25) is 0 Å². The molecule has 7 nitrogen and oxygen atoms in total. The summed E-state index contributed by atoms with van der Waals surface area (Å²) in [4.78, 5) is 22.2. The van der Waals surface area contributed by atoms with E-state index in [1.807, 2.05) is 24.3 Å². The minimum atomic E-state index is -1.09. The summed E-state index contributed by atoms with van der Waals surface area (Å²) in [6.07, 6.45) is 9.44. The normalized spacial score (nSPS) is 12.9. The van der Waals surface area contributed by atoms with Crippen molar-refractivity contribution in [3.05, 3.63) is 24.3 Å². The van der Waals surface area contributed by atoms with Crippen molar-refractivity contribution < 1.29 is 24.2 Å². The highest BCUT2D eigenvalue weighted by Crippen LogP contribution is 2.18. The lowest BCUT2D eigenvalue weighted by atomic mass is 9.93. The largest absolute Gasteiger partial charge is 0.497 e. The van der Waals surface area contributed by atoms with Crippen LogP contribution in [0.3, 0.4) is 0 Å². The van der Waals surface area contributed by atoms with Crippen molar-refractivity contribution in [2.75, 3.05) is 13.7 Å². The quantitative estimate of drug-likeness (QED) is 0.339. The van der Waals surface area contributed by atoms with E-state index in [4.69, 9.17) is 26.0 Å². The molecule has 5 N–H and O–H groups in total. The molecule has 1 aromatic rings. The molecule has 0 aliphatic heterocycles. The molecule has 1 aromatic carbocycles. The Labute approximate surface area is 173 Å². The molecule has 0 saturated heterocycles. The summed E-state index contributed by atoms with van der Waals surface area (Å²) in [6.45, 7) is 0.722. The van der Waals surface area contributed by atoms with Crippen LogP contribution < -0.4 is 20.9 Å². The Morgan fingerprint density at radius 3 is 1.97 bits per heavy atom. The van der Waals surface area contributed by atoms with Gasteiger partial charge in [0.25, 0.3) is 0 Å². The second kappa shape index (κ2) is 14.7. The lowest BCUT2D eigenvalue weighted by Gasteiger charge is -2.15. The van der Waals surface area contributed by atoms with Gasteiger partial charge < -0.3 is 26.0 Å². The van der Waals surface area contributed by atoms with E-state index in [9.17, 15) is 9.59 Å². The number of ether oxygens (including phenoxy) is 2. The van der Waals surface area contributed by atoms with Gasteiger partial charge in [-0.1, -0.05) is 44.9 Å². The van der Waals surface area contributed by atoms with E-state index in [0.29, 0.717) is 6.42 Å². The Morgan fingerprint density at radius 1 is 0.931 bits per heavy atom. The summed E-state index contributed by atoms with van der Waals surface area (Å²) in [6, 6.07) is 6.58. The van der Waals surface area contributed by atoms with Crippen molar-refractivity contribution >= 4 is 11.9 Å². The van der Waals surface area contributed by atoms with Gasteiger partial charge in [-0.15, -0.1) is 0 Å². The van der Waals surface area contributed by atoms with Crippen molar-refractivity contribution in [3.63, 3.8) is 0 Å². The predicted molar refractivity (Wildman–Crippen MR) is 113 cm³/mol. The number of carbonyl (C=O) groups is 2. The second-order valence-corrected chi connectivity index (χ2v) is 7.42. The van der Waals surface area contributed by atoms with Crippen LogP contribution in [0, 0.1) is 5.92 Å². The van der Waals surface area contributed by atoms with Gasteiger partial charge in [-0.05, 0) is 43.5 Å². The van der Waals surface area contributed by atoms with Crippen LogP contribution in [0.1, 0.15) is 64.2 Å². The number of amides is 1. The zero-order valence-corrected chi connectivity index (χ0v) is 17.5. The van der Waals surface area contributed by atoms with Gasteiger partial charge in [-0.2, -0.15) is 0 Å². The van der Waals surface area contributed by atoms with Crippen LogP contribution in [0.15, 0.2) is 24.3 Å². The molecule has 0 aliphatic rings. The van der Waals surface area contributed by atoms with Gasteiger partial charge in [0.15, 0.2) is 0 Å². The number of aliphatic carboxylic acids is 1. The third-order valence-corrected chi connectivity index (χ3v) is 5.03. The van der Waals surface area contributed by atoms with Crippen molar-refractivity contribution in [1.82, 2.24) is 0 Å². The number of hydrogen-bond acceptors (Lipinski definition) is 5. The summed E-state index contributed by atoms with van der Waals surface area (Å²) < 4.78 is 10.8. The average Bonchev–Trinajstić information content (AvgIpc) is 2.71. The standard InChI is InChI=1S/C22H36N2O5/c1-28-18-11-13-19(14-12-18)29-15-9-7-5-3-2-4-6-8-10-17(21(24)25)16-20(23)22(26)27/h11-14,17,20H,2-10,15-16,23H2,1H3,(H2,24,25)(H,26,27)/t17?,20-/m0/s1. The molecule has 1 unspecified atom stereocenters. The van der Waals surface area contributed by atoms with E-state index < -0.39 is 23.8 Å². The summed E-state index contributed by atoms with van der Waals surface area (Å²) in [7, 11) is 1.64. The minimum Gasteiger partial charge on any atom is -0.497 e. The van der Waals surface area contributed by atoms with Crippen molar-refractivity contribution in [3.8, 4) is 11.5 Å². The molecule has 0 aliphatic carbocycles. The topological polar surface area (TPSA) is 125 Å². The number of hydrogen-bond donors (Lipinski definition) is 3. The van der Waals surface area contributed by atoms with Gasteiger partial charge in [-0.3, -0.25) is 9.59 Å². The molecule has 0 saturated carbocycles. The first-order valence-corrected chi connectivity index (χ1v) is 10.5. The molecule has 7 heteroatoms. The molecule has 0 radical (unpaired) electrons. The highest BCUT2D eigenvalue weighted by Gasteiger charge is 2.22. The number of primary amides is 1. The Morgan fingerprint density at radius 2 is 1.45 bits per heavy atom. The first-order valence-electron chi connectivity index (χ1n) is 10.5. The number of rotatable bonds is 17. The summed E-state index contributed by atoms with van der Waals surface area (Å²) in [5, 5.41) is 8.85. The molecular formula is C22H36N2O5. The highest BCUT2D eigenvalue weighted by atomic mass is 16.5. The Balaban J connectivity index is 1.98. The molecule has 164 valence electrons. The van der Waals surface area contributed by atoms with Gasteiger partial charge >= 0.3 is 5.97 Å². The van der Waals surface area contributed by atoms with E-state index in [2.05, 4.69) is 0 Å². The maximum Gasteiger partial charge on any atom is 0.320 e. The third-order valence-electron chi connectivity index (χ3n) is 5.03. The molecule has 29 heavy (non-hydrogen) atoms. The van der Waals surface area contributed by atoms with E-state index in [1.54, 1.807) is 7.11 Å². The zero-order valence-electron chi connectivity index (χ0n) is 17.5. The third kappa shape index (κ3) is 11.3. The average molecular weight is 409 g/mol. The number of carboxylic acids is 1. The monoisotopic (exact) mass is 408 g/mol. The van der Waals surface area contributed by atoms with Crippen molar-refractivity contribution in [2.45, 2.75) is 70.3 Å². The molecule has 2 atom stereocenters. The molecule has 0 fully saturated rings. The smallest absolute Gasteiger partial charge is 0.320 e. The van der Waals surface area contributed by atoms with Crippen LogP contribution in [-0.4, -0.2) is 36.7 Å².